The predicted octanol–water partition coefficient (Wildman–Crippen LogP) is 4.83. The molecule has 0 saturated carbocycles. The number of hydrazone groups is 1. The SMILES string of the molecule is O=C(CCC(=O)N1CCC(c2ccccc2)=N1)Nc1ccc(Oc2ccccc2)cc1. The molecular weight excluding hydrogens is 390 g/mol. The molecule has 3 aromatic rings. The van der Waals surface area contributed by atoms with Gasteiger partial charge in [0.25, 0.3) is 0 Å². The van der Waals surface area contributed by atoms with Gasteiger partial charge in [0.1, 0.15) is 11.5 Å². The van der Waals surface area contributed by atoms with Gasteiger partial charge in [0.15, 0.2) is 0 Å². The van der Waals surface area contributed by atoms with Crippen LogP contribution in [0.25, 0.3) is 0 Å². The van der Waals surface area contributed by atoms with Crippen LogP contribution in [0.15, 0.2) is 90.0 Å². The van der Waals surface area contributed by atoms with Gasteiger partial charge in [-0.3, -0.25) is 9.59 Å². The van der Waals surface area contributed by atoms with Crippen molar-refractivity contribution in [1.82, 2.24) is 5.01 Å². The highest BCUT2D eigenvalue weighted by molar-refractivity contribution is 6.02. The van der Waals surface area contributed by atoms with Crippen molar-refractivity contribution in [2.24, 2.45) is 5.10 Å². The fraction of sp³-hybridized carbons (Fsp3) is 0.160. The Kier molecular flexibility index (Phi) is 6.38. The highest BCUT2D eigenvalue weighted by Gasteiger charge is 2.21. The number of hydrogen-bond acceptors (Lipinski definition) is 4. The first-order valence-corrected chi connectivity index (χ1v) is 10.2. The van der Waals surface area contributed by atoms with Crippen LogP contribution in [0, 0.1) is 0 Å². The molecule has 0 aliphatic carbocycles. The molecule has 156 valence electrons. The molecule has 0 bridgehead atoms. The minimum Gasteiger partial charge on any atom is -0.457 e. The van der Waals surface area contributed by atoms with E-state index in [-0.39, 0.29) is 24.7 Å². The molecule has 6 nitrogen and oxygen atoms in total. The van der Waals surface area contributed by atoms with Gasteiger partial charge in [0.05, 0.1) is 12.3 Å². The highest BCUT2D eigenvalue weighted by atomic mass is 16.5. The van der Waals surface area contributed by atoms with Crippen LogP contribution >= 0.6 is 0 Å². The minimum absolute atomic E-state index is 0.105. The summed E-state index contributed by atoms with van der Waals surface area (Å²) in [6, 6.07) is 26.4. The third-order valence-electron chi connectivity index (χ3n) is 4.88. The number of anilines is 1. The van der Waals surface area contributed by atoms with Crippen molar-refractivity contribution in [3.05, 3.63) is 90.5 Å². The topological polar surface area (TPSA) is 71.0 Å². The average Bonchev–Trinajstić information content (AvgIpc) is 3.31. The van der Waals surface area contributed by atoms with Crippen molar-refractivity contribution >= 4 is 23.2 Å². The number of nitrogens with one attached hydrogen (secondary N) is 1. The van der Waals surface area contributed by atoms with Crippen LogP contribution in [0.2, 0.25) is 0 Å². The van der Waals surface area contributed by atoms with Gasteiger partial charge in [-0.25, -0.2) is 5.01 Å². The number of carbonyl (C=O) groups excluding carboxylic acids is 2. The van der Waals surface area contributed by atoms with E-state index in [4.69, 9.17) is 4.74 Å². The molecule has 0 aromatic heterocycles. The maximum atomic E-state index is 12.4. The first kappa shape index (κ1) is 20.3. The zero-order valence-corrected chi connectivity index (χ0v) is 17.0. The summed E-state index contributed by atoms with van der Waals surface area (Å²) in [6.07, 6.45) is 0.944. The Bertz CT molecular complexity index is 1060. The first-order valence-electron chi connectivity index (χ1n) is 10.2. The molecule has 4 rings (SSSR count). The number of carbonyl (C=O) groups is 2. The minimum atomic E-state index is -0.212. The lowest BCUT2D eigenvalue weighted by atomic mass is 10.1. The molecule has 2 amide bonds. The Morgan fingerprint density at radius 1 is 0.839 bits per heavy atom. The number of ether oxygens (including phenoxy) is 1. The van der Waals surface area contributed by atoms with Crippen molar-refractivity contribution in [2.75, 3.05) is 11.9 Å². The van der Waals surface area contributed by atoms with Gasteiger partial charge in [0.2, 0.25) is 11.8 Å². The second-order valence-electron chi connectivity index (χ2n) is 7.17. The molecule has 0 saturated heterocycles. The summed E-state index contributed by atoms with van der Waals surface area (Å²) >= 11 is 0. The Hall–Kier alpha value is -3.93. The van der Waals surface area contributed by atoms with Gasteiger partial charge in [0, 0.05) is 24.9 Å². The Balaban J connectivity index is 1.25. The van der Waals surface area contributed by atoms with Crippen molar-refractivity contribution in [3.8, 4) is 11.5 Å². The lowest BCUT2D eigenvalue weighted by molar-refractivity contribution is -0.132. The molecule has 1 aliphatic rings. The molecule has 3 aromatic carbocycles. The van der Waals surface area contributed by atoms with Crippen molar-refractivity contribution in [1.29, 1.82) is 0 Å². The van der Waals surface area contributed by atoms with Crippen molar-refractivity contribution in [2.45, 2.75) is 19.3 Å². The molecule has 0 atom stereocenters. The monoisotopic (exact) mass is 413 g/mol. The van der Waals surface area contributed by atoms with Crippen LogP contribution in [0.4, 0.5) is 5.69 Å². The van der Waals surface area contributed by atoms with E-state index < -0.39 is 0 Å². The van der Waals surface area contributed by atoms with Crippen LogP contribution < -0.4 is 10.1 Å². The molecule has 0 unspecified atom stereocenters. The number of amides is 2. The standard InChI is InChI=1S/C25H23N3O3/c29-24(26-20-11-13-22(14-12-20)31-21-9-5-2-6-10-21)15-16-25(30)28-18-17-23(27-28)19-7-3-1-4-8-19/h1-14H,15-18H2,(H,26,29). The van der Waals surface area contributed by atoms with Gasteiger partial charge in [-0.05, 0) is 42.0 Å². The van der Waals surface area contributed by atoms with Crippen molar-refractivity contribution in [3.63, 3.8) is 0 Å². The van der Waals surface area contributed by atoms with Gasteiger partial charge < -0.3 is 10.1 Å². The van der Waals surface area contributed by atoms with Gasteiger partial charge in [-0.1, -0.05) is 48.5 Å². The van der Waals surface area contributed by atoms with E-state index in [1.54, 1.807) is 24.3 Å². The summed E-state index contributed by atoms with van der Waals surface area (Å²) in [5, 5.41) is 8.70. The Morgan fingerprint density at radius 2 is 1.48 bits per heavy atom. The number of hydrogen-bond donors (Lipinski definition) is 1. The third-order valence-corrected chi connectivity index (χ3v) is 4.88. The van der Waals surface area contributed by atoms with E-state index in [1.165, 1.54) is 5.01 Å². The second kappa shape index (κ2) is 9.71. The largest absolute Gasteiger partial charge is 0.457 e. The molecule has 1 heterocycles. The molecule has 0 radical (unpaired) electrons. The van der Waals surface area contributed by atoms with Crippen LogP contribution in [-0.4, -0.2) is 29.1 Å². The number of para-hydroxylation sites is 1. The van der Waals surface area contributed by atoms with Gasteiger partial charge in [-0.2, -0.15) is 5.10 Å². The fourth-order valence-electron chi connectivity index (χ4n) is 3.27. The zero-order chi connectivity index (χ0) is 21.5. The maximum absolute atomic E-state index is 12.4. The fourth-order valence-corrected chi connectivity index (χ4v) is 3.27. The van der Waals surface area contributed by atoms with Crippen LogP contribution in [0.3, 0.4) is 0 Å². The van der Waals surface area contributed by atoms with Crippen LogP contribution in [-0.2, 0) is 9.59 Å². The Labute approximate surface area is 181 Å². The third kappa shape index (κ3) is 5.57. The lowest BCUT2D eigenvalue weighted by Crippen LogP contribution is -2.24. The predicted molar refractivity (Wildman–Crippen MR) is 120 cm³/mol. The average molecular weight is 413 g/mol. The van der Waals surface area contributed by atoms with Crippen molar-refractivity contribution < 1.29 is 14.3 Å². The summed E-state index contributed by atoms with van der Waals surface area (Å²) in [4.78, 5) is 24.7. The number of rotatable bonds is 7. The summed E-state index contributed by atoms with van der Waals surface area (Å²) in [5.74, 6) is 1.07. The van der Waals surface area contributed by atoms with E-state index in [9.17, 15) is 9.59 Å². The molecular formula is C25H23N3O3. The quantitative estimate of drug-likeness (QED) is 0.603. The van der Waals surface area contributed by atoms with Crippen LogP contribution in [0.1, 0.15) is 24.8 Å². The second-order valence-corrected chi connectivity index (χ2v) is 7.17. The highest BCUT2D eigenvalue weighted by Crippen LogP contribution is 2.23. The zero-order valence-electron chi connectivity index (χ0n) is 17.0. The summed E-state index contributed by atoms with van der Waals surface area (Å²) < 4.78 is 5.74. The van der Waals surface area contributed by atoms with E-state index in [1.807, 2.05) is 60.7 Å². The normalized spacial score (nSPS) is 12.9. The number of nitrogens with zero attached hydrogens (tertiary/aromatic N) is 2. The smallest absolute Gasteiger partial charge is 0.243 e. The van der Waals surface area contributed by atoms with E-state index >= 15 is 0 Å². The van der Waals surface area contributed by atoms with Gasteiger partial charge >= 0.3 is 0 Å². The summed E-state index contributed by atoms with van der Waals surface area (Å²) in [6.45, 7) is 0.549. The van der Waals surface area contributed by atoms with E-state index in [0.29, 0.717) is 18.0 Å². The number of benzene rings is 3. The molecule has 1 N–H and O–H groups in total. The lowest BCUT2D eigenvalue weighted by Gasteiger charge is -2.11. The summed E-state index contributed by atoms with van der Waals surface area (Å²) in [7, 11) is 0. The molecule has 31 heavy (non-hydrogen) atoms. The Morgan fingerprint density at radius 3 is 2.19 bits per heavy atom. The molecule has 6 heteroatoms. The molecule has 1 aliphatic heterocycles. The molecule has 0 spiro atoms. The van der Waals surface area contributed by atoms with E-state index in [0.717, 1.165) is 23.4 Å². The van der Waals surface area contributed by atoms with E-state index in [2.05, 4.69) is 10.4 Å². The maximum Gasteiger partial charge on any atom is 0.243 e. The summed E-state index contributed by atoms with van der Waals surface area (Å²) in [5.41, 5.74) is 2.58. The first-order chi connectivity index (χ1) is 15.2. The van der Waals surface area contributed by atoms with Crippen LogP contribution in [0.5, 0.6) is 11.5 Å². The molecule has 0 fully saturated rings. The van der Waals surface area contributed by atoms with Gasteiger partial charge in [-0.15, -0.1) is 0 Å².